The lowest BCUT2D eigenvalue weighted by Crippen LogP contribution is -2.33. The molecule has 5 aliphatic heterocycles. The van der Waals surface area contributed by atoms with Crippen LogP contribution in [-0.4, -0.2) is 172 Å². The standard InChI is InChI=1S/C49H63N17O21P4S8/c1-20-10-63(48(73)60-43(20)69)33-5-22(68)28(80-33)13-75-88(92,93)86-25-8-35(64-11-21(2)44(70)61-49(64)74)82-30(25)15-78-90(96,97)85-24-7-34(62-4-3-32(50)57-47(62)72)81-29(24)14-77-91(98,99)87-26-9-36(65-18-55-38-40(51)53-17-54-41(38)65)83-31(26)16-76-89(94,95)84-23-6-37(79-27(23)12-67)66-19-56-39-42(66)58-46(52)59-45(39)71/h3-4,10-11,17-19,22-31,33-37,67-68H,5-9,12-16H2,1-2H3,(H,92,93)(H,94,95)(H,96,97)(H,98,99)(H2,50,57,72)(H2,51,53,54)(H,60,69,73)(H,61,70,74)(H3,52,58,59,71)/t22-,23-,24-,25-,26-,27+,28+,29+,30+,31+,33+,34+,35+,36+,37+/m0/s1. The lowest BCUT2D eigenvalue weighted by Gasteiger charge is -2.29. The first kappa shape index (κ1) is 74.7. The molecule has 0 bridgehead atoms. The number of hydrogen-bond donors (Lipinski definition) is 12. The molecule has 12 rings (SSSR count). The van der Waals surface area contributed by atoms with Gasteiger partial charge in [0.15, 0.2) is 22.6 Å². The number of nitrogens with one attached hydrogen (secondary N) is 3. The fourth-order valence-electron chi connectivity index (χ4n) is 11.5. The molecule has 7 aromatic heterocycles. The number of aliphatic hydroxyl groups excluding tert-OH is 2. The van der Waals surface area contributed by atoms with Crippen LogP contribution in [0.1, 0.15) is 74.4 Å². The van der Waals surface area contributed by atoms with Gasteiger partial charge in [-0.2, -0.15) is 9.97 Å². The molecule has 11 N–H and O–H groups in total. The van der Waals surface area contributed by atoms with E-state index < -0.39 is 169 Å². The molecular weight excluding hydrogens is 1540 g/mol. The molecule has 7 aromatic rings. The van der Waals surface area contributed by atoms with Crippen molar-refractivity contribution < 1.29 is 70.1 Å². The maximum atomic E-state index is 13.3. The van der Waals surface area contributed by atoms with Crippen molar-refractivity contribution >= 4 is 159 Å². The van der Waals surface area contributed by atoms with Crippen molar-refractivity contribution in [1.82, 2.24) is 67.7 Å². The molecule has 38 nitrogen and oxygen atoms in total. The minimum absolute atomic E-state index is 0.0139. The monoisotopic (exact) mass is 1610 g/mol. The van der Waals surface area contributed by atoms with Gasteiger partial charge < -0.3 is 87.3 Å². The molecule has 50 heteroatoms. The number of nitrogen functional groups attached to an aromatic ring is 3. The minimum Gasteiger partial charge on any atom is -0.394 e. The topological polar surface area (TPSA) is 490 Å². The number of imidazole rings is 2. The predicted octanol–water partition coefficient (Wildman–Crippen LogP) is 1.70. The van der Waals surface area contributed by atoms with Crippen LogP contribution < -0.4 is 50.9 Å². The molecule has 0 amide bonds. The number of nitrogens with two attached hydrogens (primary N) is 3. The second-order valence-corrected chi connectivity index (χ2v) is 44.0. The van der Waals surface area contributed by atoms with Crippen molar-refractivity contribution in [3.05, 3.63) is 117 Å². The van der Waals surface area contributed by atoms with Crippen LogP contribution in [0, 0.1) is 13.8 Å². The molecule has 19 atom stereocenters. The molecule has 5 saturated heterocycles. The molecule has 12 heterocycles. The van der Waals surface area contributed by atoms with Gasteiger partial charge in [-0.05, 0) is 67.1 Å². The van der Waals surface area contributed by atoms with E-state index in [-0.39, 0.29) is 85.2 Å². The first-order valence-corrected chi connectivity index (χ1v) is 44.8. The Balaban J connectivity index is 0.731. The zero-order valence-electron chi connectivity index (χ0n) is 51.3. The van der Waals surface area contributed by atoms with Gasteiger partial charge in [0.2, 0.25) is 28.7 Å². The van der Waals surface area contributed by atoms with Crippen LogP contribution in [0.2, 0.25) is 0 Å². The number of aromatic amines is 3. The van der Waals surface area contributed by atoms with E-state index in [4.69, 9.17) is 149 Å². The van der Waals surface area contributed by atoms with Crippen LogP contribution in [0.3, 0.4) is 0 Å². The normalized spacial score (nSPS) is 29.7. The van der Waals surface area contributed by atoms with E-state index in [2.05, 4.69) is 69.4 Å². The fourth-order valence-corrected chi connectivity index (χ4v) is 19.7. The van der Waals surface area contributed by atoms with Gasteiger partial charge in [-0.15, -0.1) is 0 Å². The molecule has 0 aromatic carbocycles. The van der Waals surface area contributed by atoms with E-state index in [1.807, 2.05) is 0 Å². The lowest BCUT2D eigenvalue weighted by molar-refractivity contribution is -0.0493. The van der Waals surface area contributed by atoms with E-state index in [1.165, 1.54) is 66.6 Å². The summed E-state index contributed by atoms with van der Waals surface area (Å²) in [4.78, 5) is 108. The van der Waals surface area contributed by atoms with Crippen LogP contribution in [0.25, 0.3) is 22.3 Å². The number of aryl methyl sites for hydroxylation is 2. The Bertz CT molecular complexity index is 4800. The average molecular weight is 1610 g/mol. The van der Waals surface area contributed by atoms with Gasteiger partial charge in [-0.25, -0.2) is 34.3 Å². The number of anilines is 3. The maximum Gasteiger partial charge on any atom is 0.351 e. The number of ether oxygens (including phenoxy) is 5. The van der Waals surface area contributed by atoms with Crippen LogP contribution in [0.15, 0.2) is 72.4 Å². The number of hydrogen-bond acceptors (Lipinski definition) is 34. The highest BCUT2D eigenvalue weighted by atomic mass is 32.9. The molecule has 5 aliphatic rings. The van der Waals surface area contributed by atoms with E-state index in [1.54, 1.807) is 4.57 Å². The number of H-pyrrole nitrogens is 3. The summed E-state index contributed by atoms with van der Waals surface area (Å²) in [6.45, 7) is 1.01. The molecule has 0 radical (unpaired) electrons. The second kappa shape index (κ2) is 30.2. The fraction of sp³-hybridized carbons (Fsp3) is 0.551. The number of aromatic nitrogens is 14. The molecule has 0 spiro atoms. The summed E-state index contributed by atoms with van der Waals surface area (Å²) < 4.78 is 88.6. The number of aliphatic hydroxyl groups is 2. The summed E-state index contributed by atoms with van der Waals surface area (Å²) in [5.74, 6) is -0.0843. The average Bonchev–Trinajstić information content (AvgIpc) is 1.65. The van der Waals surface area contributed by atoms with Crippen molar-refractivity contribution in [2.24, 2.45) is 0 Å². The highest BCUT2D eigenvalue weighted by Crippen LogP contribution is 2.62. The summed E-state index contributed by atoms with van der Waals surface area (Å²) in [5, 5.41) is 21.4. The SMILES string of the molecule is Cc1cn([C@H]2C[C@H](OP(=S)(S)OC[C@H]3O[C@@H](n4cc(C)c(=O)[nH]c4=O)C[C@@H]3O)[C@@H](COP(=S)(S)O[C@H]3C[C@H](n4ccc(N)nc4=O)O[C@@H]3COP(=S)(S)O[C@H]3C[C@H](n4cnc5c(N)ncnc54)O[C@@H]3COP(=S)(S)O[C@H]3C[C@H](n4cnc5c(=O)[nH]c(N)nc54)O[C@@H]3CO)O2)c(=O)[nH]c1=O. The molecule has 538 valence electrons. The second-order valence-electron chi connectivity index (χ2n) is 23.1. The van der Waals surface area contributed by atoms with Gasteiger partial charge in [0.1, 0.15) is 79.3 Å². The zero-order valence-corrected chi connectivity index (χ0v) is 61.7. The highest BCUT2D eigenvalue weighted by Gasteiger charge is 2.48. The Labute approximate surface area is 598 Å². The predicted molar refractivity (Wildman–Crippen MR) is 379 cm³/mol. The molecule has 0 saturated carbocycles. The van der Waals surface area contributed by atoms with Crippen molar-refractivity contribution in [2.75, 3.05) is 50.2 Å². The van der Waals surface area contributed by atoms with Gasteiger partial charge in [-0.3, -0.25) is 52.2 Å². The van der Waals surface area contributed by atoms with Crippen LogP contribution in [-0.2, 0) is 107 Å². The Morgan fingerprint density at radius 2 is 0.949 bits per heavy atom. The minimum atomic E-state index is -3.77. The zero-order chi connectivity index (χ0) is 70.8. The van der Waals surface area contributed by atoms with Gasteiger partial charge in [0, 0.05) is 61.8 Å². The quantitative estimate of drug-likeness (QED) is 0.0271. The Hall–Kier alpha value is -4.06. The van der Waals surface area contributed by atoms with E-state index in [0.717, 1.165) is 9.13 Å². The van der Waals surface area contributed by atoms with Crippen molar-refractivity contribution in [2.45, 2.75) is 138 Å². The van der Waals surface area contributed by atoms with Crippen LogP contribution in [0.4, 0.5) is 17.6 Å². The summed E-state index contributed by atoms with van der Waals surface area (Å²) in [6.07, 6.45) is -7.11. The molecule has 5 fully saturated rings. The summed E-state index contributed by atoms with van der Waals surface area (Å²) in [7, 11) is 0. The smallest absolute Gasteiger partial charge is 0.351 e. The van der Waals surface area contributed by atoms with Gasteiger partial charge in [0.25, 0.3) is 16.7 Å². The maximum absolute atomic E-state index is 13.3. The molecule has 99 heavy (non-hydrogen) atoms. The van der Waals surface area contributed by atoms with Gasteiger partial charge >= 0.3 is 17.1 Å². The summed E-state index contributed by atoms with van der Waals surface area (Å²) >= 11 is 42.2. The Morgan fingerprint density at radius 1 is 0.535 bits per heavy atom. The third-order valence-corrected chi connectivity index (χ3v) is 25.2. The Morgan fingerprint density at radius 3 is 1.43 bits per heavy atom. The summed E-state index contributed by atoms with van der Waals surface area (Å²) in [6, 6.07) is 1.39. The lowest BCUT2D eigenvalue weighted by atomic mass is 10.2. The van der Waals surface area contributed by atoms with Crippen molar-refractivity contribution in [1.29, 1.82) is 0 Å². The first-order valence-electron chi connectivity index (χ1n) is 29.6. The van der Waals surface area contributed by atoms with E-state index in [9.17, 15) is 39.0 Å². The van der Waals surface area contributed by atoms with Crippen molar-refractivity contribution in [3.8, 4) is 0 Å². The van der Waals surface area contributed by atoms with E-state index >= 15 is 0 Å². The van der Waals surface area contributed by atoms with Gasteiger partial charge in [0.05, 0.1) is 76.2 Å². The molecule has 4 unspecified atom stereocenters. The van der Waals surface area contributed by atoms with Crippen LogP contribution >= 0.6 is 71.8 Å². The largest absolute Gasteiger partial charge is 0.394 e. The molecular formula is C49H63N17O21P4S8. The third-order valence-electron chi connectivity index (χ3n) is 16.3. The van der Waals surface area contributed by atoms with Crippen molar-refractivity contribution in [3.63, 3.8) is 0 Å². The number of thiol groups is 4. The highest BCUT2D eigenvalue weighted by molar-refractivity contribution is 8.61. The molecule has 0 aliphatic carbocycles. The third kappa shape index (κ3) is 17.2. The summed E-state index contributed by atoms with van der Waals surface area (Å²) in [5.41, 5.74) is 0.274. The van der Waals surface area contributed by atoms with E-state index in [0.29, 0.717) is 11.2 Å². The number of rotatable bonds is 26. The van der Waals surface area contributed by atoms with Gasteiger partial charge in [-0.1, -0.05) is 49.0 Å². The number of fused-ring (bicyclic) bond motifs is 2. The first-order chi connectivity index (χ1) is 46.8. The number of nitrogens with zero attached hydrogens (tertiary/aromatic N) is 11. The Kier molecular flexibility index (Phi) is 22.8. The van der Waals surface area contributed by atoms with Crippen LogP contribution in [0.5, 0.6) is 0 Å².